The zero-order chi connectivity index (χ0) is 30.2. The van der Waals surface area contributed by atoms with Crippen LogP contribution < -0.4 is 15.9 Å². The van der Waals surface area contributed by atoms with Gasteiger partial charge < -0.3 is 9.47 Å². The predicted octanol–water partition coefficient (Wildman–Crippen LogP) is 10.3. The molecule has 0 bridgehead atoms. The minimum absolute atomic E-state index is 0.0182. The largest absolute Gasteiger partial charge is 0.353 e. The number of halogens is 1. The number of hydrogen-bond donors (Lipinski definition) is 0. The highest BCUT2D eigenvalue weighted by Gasteiger charge is 2.46. The monoisotopic (exact) mass is 699 g/mol. The highest BCUT2D eigenvalue weighted by atomic mass is 127. The van der Waals surface area contributed by atoms with Gasteiger partial charge in [-0.1, -0.05) is 81.0 Å². The first-order valence-corrected chi connectivity index (χ1v) is 20.7. The van der Waals surface area contributed by atoms with Gasteiger partial charge in [0.2, 0.25) is 0 Å². The second-order valence-electron chi connectivity index (χ2n) is 11.4. The summed E-state index contributed by atoms with van der Waals surface area (Å²) in [5.41, 5.74) is 5.73. The minimum Gasteiger partial charge on any atom is -0.353 e. The Kier molecular flexibility index (Phi) is 15.8. The third-order valence-electron chi connectivity index (χ3n) is 7.95. The first-order chi connectivity index (χ1) is 20.4. The minimum atomic E-state index is -1.81. The van der Waals surface area contributed by atoms with Crippen molar-refractivity contribution in [2.45, 2.75) is 105 Å². The van der Waals surface area contributed by atoms with Crippen molar-refractivity contribution in [2.75, 3.05) is 13.2 Å². The third-order valence-corrected chi connectivity index (χ3v) is 16.1. The maximum atomic E-state index is 5.86. The molecule has 0 spiro atoms. The Bertz CT molecular complexity index is 1180. The van der Waals surface area contributed by atoms with Crippen LogP contribution in [0.5, 0.6) is 0 Å². The molecule has 42 heavy (non-hydrogen) atoms. The molecule has 0 aromatic heterocycles. The highest BCUT2D eigenvalue weighted by molar-refractivity contribution is 14.2. The number of benzene rings is 3. The van der Waals surface area contributed by atoms with Gasteiger partial charge in [0.1, 0.15) is 15.9 Å². The summed E-state index contributed by atoms with van der Waals surface area (Å²) in [5.74, 6) is 0. The van der Waals surface area contributed by atoms with Gasteiger partial charge in [-0.25, -0.2) is 0 Å². The lowest BCUT2D eigenvalue weighted by Gasteiger charge is -2.25. The molecule has 0 aliphatic heterocycles. The molecule has 0 saturated heterocycles. The van der Waals surface area contributed by atoms with E-state index in [9.17, 15) is 0 Å². The van der Waals surface area contributed by atoms with E-state index in [1.165, 1.54) is 70.3 Å². The van der Waals surface area contributed by atoms with Gasteiger partial charge in [-0.2, -0.15) is 0 Å². The fraction of sp³-hybridized carbons (Fsp3) is 0.474. The van der Waals surface area contributed by atoms with Gasteiger partial charge in [-0.05, 0) is 119 Å². The molecule has 0 unspecified atom stereocenters. The van der Waals surface area contributed by atoms with E-state index < -0.39 is 4.90 Å². The molecule has 0 radical (unpaired) electrons. The summed E-state index contributed by atoms with van der Waals surface area (Å²) in [6.45, 7) is 12.8. The molecular formula is C38H53IO2P+. The van der Waals surface area contributed by atoms with E-state index in [2.05, 4.69) is 136 Å². The summed E-state index contributed by atoms with van der Waals surface area (Å²) < 4.78 is 11.7. The summed E-state index contributed by atoms with van der Waals surface area (Å²) in [6.07, 6.45) is 16.1. The van der Waals surface area contributed by atoms with Crippen molar-refractivity contribution in [1.82, 2.24) is 0 Å². The maximum Gasteiger partial charge on any atom is 0.173 e. The third kappa shape index (κ3) is 10.0. The maximum absolute atomic E-state index is 5.86. The summed E-state index contributed by atoms with van der Waals surface area (Å²) in [4.78, 5) is -1.81. The average Bonchev–Trinajstić information content (AvgIpc) is 2.99. The first kappa shape index (κ1) is 35.0. The van der Waals surface area contributed by atoms with Crippen molar-refractivity contribution in [2.24, 2.45) is 0 Å². The second-order valence-corrected chi connectivity index (χ2v) is 18.4. The first-order valence-electron chi connectivity index (χ1n) is 16.1. The van der Waals surface area contributed by atoms with E-state index in [0.29, 0.717) is 0 Å². The van der Waals surface area contributed by atoms with Crippen LogP contribution in [0.2, 0.25) is 0 Å². The van der Waals surface area contributed by atoms with Crippen LogP contribution in [-0.4, -0.2) is 19.5 Å². The zero-order valence-corrected chi connectivity index (χ0v) is 29.8. The molecule has 3 rings (SSSR count). The van der Waals surface area contributed by atoms with E-state index in [1.54, 1.807) is 0 Å². The summed E-state index contributed by atoms with van der Waals surface area (Å²) in [7, 11) is 0. The number of ether oxygens (including phenoxy) is 2. The molecule has 0 N–H and O–H groups in total. The van der Waals surface area contributed by atoms with E-state index in [-0.39, 0.29) is 6.29 Å². The number of unbranched alkanes of at least 4 members (excludes halogenated alkanes) is 4. The summed E-state index contributed by atoms with van der Waals surface area (Å²) >= 11 is 2.84. The van der Waals surface area contributed by atoms with Crippen LogP contribution >= 0.6 is 26.9 Å². The topological polar surface area (TPSA) is 18.5 Å². The lowest BCUT2D eigenvalue weighted by atomic mass is 10.0. The Balaban J connectivity index is 1.56. The Labute approximate surface area is 270 Å². The van der Waals surface area contributed by atoms with Gasteiger partial charge in [0.25, 0.3) is 0 Å². The molecule has 0 heterocycles. The summed E-state index contributed by atoms with van der Waals surface area (Å²) in [6, 6.07) is 25.0. The van der Waals surface area contributed by atoms with Crippen LogP contribution in [0.15, 0.2) is 78.9 Å². The fourth-order valence-electron chi connectivity index (χ4n) is 5.59. The van der Waals surface area contributed by atoms with Crippen molar-refractivity contribution >= 4 is 42.9 Å². The average molecular weight is 700 g/mol. The van der Waals surface area contributed by atoms with Crippen molar-refractivity contribution < 1.29 is 9.47 Å². The molecule has 228 valence electrons. The molecule has 0 atom stereocenters. The Hall–Kier alpha value is -1.52. The highest BCUT2D eigenvalue weighted by Crippen LogP contribution is 2.65. The smallest absolute Gasteiger partial charge is 0.173 e. The van der Waals surface area contributed by atoms with E-state index >= 15 is 0 Å². The Morgan fingerprint density at radius 1 is 0.667 bits per heavy atom. The van der Waals surface area contributed by atoms with Crippen LogP contribution in [0, 0.1) is 20.8 Å². The van der Waals surface area contributed by atoms with Crippen LogP contribution in [0.4, 0.5) is 0 Å². The van der Waals surface area contributed by atoms with Gasteiger partial charge in [0.05, 0.1) is 0 Å². The number of aryl methyl sites for hydroxylation is 3. The van der Waals surface area contributed by atoms with Gasteiger partial charge in [-0.15, -0.1) is 0 Å². The zero-order valence-electron chi connectivity index (χ0n) is 26.7. The standard InChI is InChI=1S/C38H53IO2P/c1-6-29-40-38(41-30-7-2)28-15-13-11-9-8-10-12-14-23-34-24-20-27-37(33(34)5)42(39,35-25-18-16-21-31(35)3)36-26-19-17-22-32(36)4/h8,10,16-22,24-27,38H,6-7,9,11-15,23,28-30H2,1-5H3/q+1/b10-8+. The Morgan fingerprint density at radius 2 is 1.21 bits per heavy atom. The van der Waals surface area contributed by atoms with Crippen LogP contribution in [0.3, 0.4) is 0 Å². The van der Waals surface area contributed by atoms with Crippen molar-refractivity contribution in [3.05, 3.63) is 101 Å². The second kappa shape index (κ2) is 19.0. The molecule has 2 nitrogen and oxygen atoms in total. The SMILES string of the molecule is CCCOC(CCCCC/C=C/CCCc1cccc([P+](I)(c2ccccc2C)c2ccccc2C)c1C)OCCC. The molecule has 0 saturated carbocycles. The number of hydrogen-bond acceptors (Lipinski definition) is 2. The molecular weight excluding hydrogens is 646 g/mol. The molecule has 0 amide bonds. The van der Waals surface area contributed by atoms with Crippen molar-refractivity contribution in [3.63, 3.8) is 0 Å². The van der Waals surface area contributed by atoms with E-state index in [1.807, 2.05) is 0 Å². The number of rotatable bonds is 19. The predicted molar refractivity (Wildman–Crippen MR) is 195 cm³/mol. The van der Waals surface area contributed by atoms with Gasteiger partial charge in [0.15, 0.2) is 33.2 Å². The number of allylic oxidation sites excluding steroid dienone is 2. The molecule has 3 aromatic rings. The van der Waals surface area contributed by atoms with Gasteiger partial charge >= 0.3 is 0 Å². The molecule has 0 fully saturated rings. The lowest BCUT2D eigenvalue weighted by molar-refractivity contribution is -0.146. The molecule has 4 heteroatoms. The molecule has 3 aromatic carbocycles. The van der Waals surface area contributed by atoms with Gasteiger partial charge in [-0.3, -0.25) is 0 Å². The van der Waals surface area contributed by atoms with E-state index in [0.717, 1.165) is 45.3 Å². The Morgan fingerprint density at radius 3 is 1.79 bits per heavy atom. The quantitative estimate of drug-likeness (QED) is 0.0408. The fourth-order valence-corrected chi connectivity index (χ4v) is 13.8. The van der Waals surface area contributed by atoms with Crippen LogP contribution in [0.25, 0.3) is 0 Å². The van der Waals surface area contributed by atoms with E-state index in [4.69, 9.17) is 9.47 Å². The molecule has 0 aliphatic rings. The summed E-state index contributed by atoms with van der Waals surface area (Å²) in [5, 5.41) is 4.49. The molecule has 0 aliphatic carbocycles. The van der Waals surface area contributed by atoms with Crippen molar-refractivity contribution in [3.8, 4) is 0 Å². The van der Waals surface area contributed by atoms with Crippen LogP contribution in [0.1, 0.15) is 93.9 Å². The van der Waals surface area contributed by atoms with Crippen LogP contribution in [-0.2, 0) is 15.9 Å². The normalized spacial score (nSPS) is 12.1. The van der Waals surface area contributed by atoms with Gasteiger partial charge in [0, 0.05) is 13.2 Å². The lowest BCUT2D eigenvalue weighted by Crippen LogP contribution is -2.31. The van der Waals surface area contributed by atoms with Crippen molar-refractivity contribution in [1.29, 1.82) is 0 Å².